The number of carbonyl (C=O) groups excluding carboxylic acids is 1. The van der Waals surface area contributed by atoms with Gasteiger partial charge in [0.2, 0.25) is 0 Å². The standard InChI is InChI=1S/C17H17NO4/c1-20-15-9-5-14(6-10-15)18-11-13-3-7-16(8-4-13)22-12-17(19)21-2/h3-11H,12H2,1-2H3. The summed E-state index contributed by atoms with van der Waals surface area (Å²) in [6.45, 7) is -0.101. The maximum atomic E-state index is 11.0. The first-order valence-corrected chi connectivity index (χ1v) is 6.69. The molecule has 0 bridgehead atoms. The number of esters is 1. The maximum Gasteiger partial charge on any atom is 0.343 e. The van der Waals surface area contributed by atoms with Gasteiger partial charge in [-0.3, -0.25) is 4.99 Å². The molecule has 0 aromatic heterocycles. The van der Waals surface area contributed by atoms with Gasteiger partial charge >= 0.3 is 5.97 Å². The minimum Gasteiger partial charge on any atom is -0.497 e. The third kappa shape index (κ3) is 4.63. The third-order valence-electron chi connectivity index (χ3n) is 2.90. The zero-order valence-corrected chi connectivity index (χ0v) is 12.5. The lowest BCUT2D eigenvalue weighted by molar-refractivity contribution is -0.142. The van der Waals surface area contributed by atoms with Gasteiger partial charge in [-0.25, -0.2) is 4.79 Å². The molecule has 0 saturated carbocycles. The highest BCUT2D eigenvalue weighted by molar-refractivity contribution is 5.82. The van der Waals surface area contributed by atoms with Crippen LogP contribution in [0.3, 0.4) is 0 Å². The van der Waals surface area contributed by atoms with Gasteiger partial charge in [-0.15, -0.1) is 0 Å². The number of methoxy groups -OCH3 is 2. The van der Waals surface area contributed by atoms with E-state index in [0.29, 0.717) is 5.75 Å². The number of nitrogens with zero attached hydrogens (tertiary/aromatic N) is 1. The fourth-order valence-corrected chi connectivity index (χ4v) is 1.67. The minimum absolute atomic E-state index is 0.101. The van der Waals surface area contributed by atoms with Crippen LogP contribution in [0.4, 0.5) is 5.69 Å². The molecule has 0 unspecified atom stereocenters. The van der Waals surface area contributed by atoms with Crippen LogP contribution in [0.5, 0.6) is 11.5 Å². The topological polar surface area (TPSA) is 57.1 Å². The molecule has 5 heteroatoms. The molecule has 0 radical (unpaired) electrons. The van der Waals surface area contributed by atoms with E-state index in [1.165, 1.54) is 7.11 Å². The highest BCUT2D eigenvalue weighted by atomic mass is 16.6. The van der Waals surface area contributed by atoms with Gasteiger partial charge in [0.25, 0.3) is 0 Å². The van der Waals surface area contributed by atoms with Crippen molar-refractivity contribution in [1.82, 2.24) is 0 Å². The van der Waals surface area contributed by atoms with E-state index in [2.05, 4.69) is 9.73 Å². The van der Waals surface area contributed by atoms with Crippen LogP contribution in [0.2, 0.25) is 0 Å². The Morgan fingerprint density at radius 1 is 1.00 bits per heavy atom. The minimum atomic E-state index is -0.412. The van der Waals surface area contributed by atoms with Gasteiger partial charge in [0, 0.05) is 6.21 Å². The second-order valence-electron chi connectivity index (χ2n) is 4.39. The van der Waals surface area contributed by atoms with Crippen molar-refractivity contribution in [1.29, 1.82) is 0 Å². The van der Waals surface area contributed by atoms with Gasteiger partial charge in [-0.2, -0.15) is 0 Å². The smallest absolute Gasteiger partial charge is 0.343 e. The summed E-state index contributed by atoms with van der Waals surface area (Å²) in [6.07, 6.45) is 1.76. The summed E-state index contributed by atoms with van der Waals surface area (Å²) < 4.78 is 14.9. The highest BCUT2D eigenvalue weighted by Crippen LogP contribution is 2.18. The molecule has 0 aliphatic rings. The van der Waals surface area contributed by atoms with E-state index in [4.69, 9.17) is 9.47 Å². The monoisotopic (exact) mass is 299 g/mol. The van der Waals surface area contributed by atoms with Gasteiger partial charge in [0.05, 0.1) is 19.9 Å². The zero-order valence-electron chi connectivity index (χ0n) is 12.5. The van der Waals surface area contributed by atoms with Crippen LogP contribution in [0.15, 0.2) is 53.5 Å². The Morgan fingerprint density at radius 3 is 2.23 bits per heavy atom. The van der Waals surface area contributed by atoms with E-state index in [1.807, 2.05) is 36.4 Å². The average molecular weight is 299 g/mol. The molecular formula is C17H17NO4. The molecule has 0 saturated heterocycles. The lowest BCUT2D eigenvalue weighted by Crippen LogP contribution is -2.12. The first kappa shape index (κ1) is 15.6. The Balaban J connectivity index is 1.95. The summed E-state index contributed by atoms with van der Waals surface area (Å²) >= 11 is 0. The number of aliphatic imine (C=N–C) groups is 1. The van der Waals surface area contributed by atoms with E-state index in [0.717, 1.165) is 17.0 Å². The van der Waals surface area contributed by atoms with Gasteiger partial charge in [-0.05, 0) is 54.1 Å². The van der Waals surface area contributed by atoms with Crippen molar-refractivity contribution in [2.24, 2.45) is 4.99 Å². The van der Waals surface area contributed by atoms with Crippen molar-refractivity contribution in [3.05, 3.63) is 54.1 Å². The predicted octanol–water partition coefficient (Wildman–Crippen LogP) is 3.00. The average Bonchev–Trinajstić information content (AvgIpc) is 2.59. The lowest BCUT2D eigenvalue weighted by Gasteiger charge is -2.04. The Labute approximate surface area is 129 Å². The number of hydrogen-bond donors (Lipinski definition) is 0. The molecule has 0 aliphatic carbocycles. The highest BCUT2D eigenvalue weighted by Gasteiger charge is 2.01. The fourth-order valence-electron chi connectivity index (χ4n) is 1.67. The molecule has 22 heavy (non-hydrogen) atoms. The van der Waals surface area contributed by atoms with E-state index < -0.39 is 5.97 Å². The van der Waals surface area contributed by atoms with Crippen LogP contribution in [-0.2, 0) is 9.53 Å². The van der Waals surface area contributed by atoms with Gasteiger partial charge in [-0.1, -0.05) is 0 Å². The summed E-state index contributed by atoms with van der Waals surface area (Å²) in [5.41, 5.74) is 1.77. The molecule has 0 N–H and O–H groups in total. The molecule has 0 aliphatic heterocycles. The first-order chi connectivity index (χ1) is 10.7. The molecule has 0 heterocycles. The Bertz CT molecular complexity index is 633. The molecule has 0 amide bonds. The fraction of sp³-hybridized carbons (Fsp3) is 0.176. The number of hydrogen-bond acceptors (Lipinski definition) is 5. The third-order valence-corrected chi connectivity index (χ3v) is 2.90. The van der Waals surface area contributed by atoms with Crippen molar-refractivity contribution < 1.29 is 19.0 Å². The summed E-state index contributed by atoms with van der Waals surface area (Å²) in [6, 6.07) is 14.7. The van der Waals surface area contributed by atoms with E-state index in [-0.39, 0.29) is 6.61 Å². The molecule has 0 atom stereocenters. The van der Waals surface area contributed by atoms with Crippen LogP contribution in [0.1, 0.15) is 5.56 Å². The maximum absolute atomic E-state index is 11.0. The molecule has 0 fully saturated rings. The van der Waals surface area contributed by atoms with Crippen LogP contribution in [0, 0.1) is 0 Å². The SMILES string of the molecule is COC(=O)COc1ccc(C=Nc2ccc(OC)cc2)cc1. The van der Waals surface area contributed by atoms with Crippen molar-refractivity contribution in [2.45, 2.75) is 0 Å². The number of ether oxygens (including phenoxy) is 3. The first-order valence-electron chi connectivity index (χ1n) is 6.69. The summed E-state index contributed by atoms with van der Waals surface area (Å²) in [4.78, 5) is 15.4. The number of benzene rings is 2. The molecule has 2 aromatic rings. The number of carbonyl (C=O) groups is 1. The van der Waals surface area contributed by atoms with Gasteiger partial charge in [0.15, 0.2) is 6.61 Å². The van der Waals surface area contributed by atoms with Crippen molar-refractivity contribution >= 4 is 17.9 Å². The quantitative estimate of drug-likeness (QED) is 0.608. The zero-order chi connectivity index (χ0) is 15.8. The Hall–Kier alpha value is -2.82. The summed E-state index contributed by atoms with van der Waals surface area (Å²) in [5, 5.41) is 0. The molecule has 2 rings (SSSR count). The normalized spacial score (nSPS) is 10.5. The van der Waals surface area contributed by atoms with Crippen molar-refractivity contribution in [3.63, 3.8) is 0 Å². The van der Waals surface area contributed by atoms with E-state index >= 15 is 0 Å². The van der Waals surface area contributed by atoms with E-state index in [9.17, 15) is 4.79 Å². The molecule has 0 spiro atoms. The van der Waals surface area contributed by atoms with Crippen LogP contribution >= 0.6 is 0 Å². The van der Waals surface area contributed by atoms with Crippen molar-refractivity contribution in [2.75, 3.05) is 20.8 Å². The Kier molecular flexibility index (Phi) is 5.54. The lowest BCUT2D eigenvalue weighted by atomic mass is 10.2. The van der Waals surface area contributed by atoms with Gasteiger partial charge < -0.3 is 14.2 Å². The second kappa shape index (κ2) is 7.83. The number of rotatable bonds is 6. The largest absolute Gasteiger partial charge is 0.497 e. The molecular weight excluding hydrogens is 282 g/mol. The van der Waals surface area contributed by atoms with Crippen LogP contribution in [-0.4, -0.2) is 33.0 Å². The van der Waals surface area contributed by atoms with Gasteiger partial charge in [0.1, 0.15) is 11.5 Å². The molecule has 5 nitrogen and oxygen atoms in total. The van der Waals surface area contributed by atoms with Crippen molar-refractivity contribution in [3.8, 4) is 11.5 Å². The second-order valence-corrected chi connectivity index (χ2v) is 4.39. The molecule has 114 valence electrons. The van der Waals surface area contributed by atoms with E-state index in [1.54, 1.807) is 25.5 Å². The molecule has 2 aromatic carbocycles. The summed E-state index contributed by atoms with van der Waals surface area (Å²) in [5.74, 6) is 0.989. The predicted molar refractivity (Wildman–Crippen MR) is 84.2 cm³/mol. The summed E-state index contributed by atoms with van der Waals surface area (Å²) in [7, 11) is 2.95. The Morgan fingerprint density at radius 2 is 1.64 bits per heavy atom. The van der Waals surface area contributed by atoms with Crippen LogP contribution < -0.4 is 9.47 Å². The van der Waals surface area contributed by atoms with Crippen LogP contribution in [0.25, 0.3) is 0 Å².